The van der Waals surface area contributed by atoms with E-state index in [1.807, 2.05) is 63.4 Å². The van der Waals surface area contributed by atoms with Crippen LogP contribution in [0.15, 0.2) is 66.9 Å². The van der Waals surface area contributed by atoms with Crippen LogP contribution in [0.1, 0.15) is 52.1 Å². The summed E-state index contributed by atoms with van der Waals surface area (Å²) in [4.78, 5) is 21.7. The number of esters is 1. The van der Waals surface area contributed by atoms with Crippen LogP contribution in [0.4, 0.5) is 0 Å². The molecule has 0 aliphatic heterocycles. The molecule has 4 rings (SSSR count). The predicted octanol–water partition coefficient (Wildman–Crippen LogP) is 5.57. The van der Waals surface area contributed by atoms with Gasteiger partial charge in [-0.2, -0.15) is 0 Å². The third kappa shape index (κ3) is 7.44. The minimum atomic E-state index is -0.482. The molecule has 6 nitrogen and oxygen atoms in total. The van der Waals surface area contributed by atoms with Gasteiger partial charge in [-0.25, -0.2) is 9.78 Å². The van der Waals surface area contributed by atoms with Crippen LogP contribution in [0.2, 0.25) is 0 Å². The molecule has 1 aromatic heterocycles. The first kappa shape index (κ1) is 25.0. The molecule has 1 heterocycles. The molecule has 0 unspecified atom stereocenters. The number of hydrogen-bond donors (Lipinski definition) is 1. The molecule has 35 heavy (non-hydrogen) atoms. The summed E-state index contributed by atoms with van der Waals surface area (Å²) in [6, 6.07) is 20.8. The summed E-state index contributed by atoms with van der Waals surface area (Å²) in [5, 5.41) is 3.64. The molecule has 0 saturated heterocycles. The molecule has 1 N–H and O–H groups in total. The normalized spacial score (nSPS) is 18.3. The number of carbonyl (C=O) groups excluding carboxylic acids is 1. The molecule has 0 spiro atoms. The monoisotopic (exact) mass is 473 g/mol. The summed E-state index contributed by atoms with van der Waals surface area (Å²) >= 11 is 0. The summed E-state index contributed by atoms with van der Waals surface area (Å²) in [6.45, 7) is 6.28. The lowest BCUT2D eigenvalue weighted by Crippen LogP contribution is -2.36. The largest absolute Gasteiger partial charge is 0.458 e. The van der Waals surface area contributed by atoms with Gasteiger partial charge in [-0.05, 0) is 46.5 Å². The number of benzene rings is 2. The van der Waals surface area contributed by atoms with Crippen molar-refractivity contribution in [3.05, 3.63) is 72.6 Å². The van der Waals surface area contributed by atoms with Crippen molar-refractivity contribution < 1.29 is 14.3 Å². The van der Waals surface area contributed by atoms with Crippen molar-refractivity contribution in [2.75, 3.05) is 6.61 Å². The Morgan fingerprint density at radius 1 is 0.914 bits per heavy atom. The van der Waals surface area contributed by atoms with E-state index in [0.29, 0.717) is 12.6 Å². The van der Waals surface area contributed by atoms with Crippen molar-refractivity contribution in [1.82, 2.24) is 15.3 Å². The minimum absolute atomic E-state index is 0.0195. The van der Waals surface area contributed by atoms with Crippen LogP contribution in [0.25, 0.3) is 22.5 Å². The Bertz CT molecular complexity index is 1090. The van der Waals surface area contributed by atoms with E-state index in [0.717, 1.165) is 53.9 Å². The number of nitrogens with zero attached hydrogens (tertiary/aromatic N) is 2. The Morgan fingerprint density at radius 2 is 1.51 bits per heavy atom. The fourth-order valence-electron chi connectivity index (χ4n) is 4.35. The van der Waals surface area contributed by atoms with Gasteiger partial charge in [-0.3, -0.25) is 4.98 Å². The zero-order valence-corrected chi connectivity index (χ0v) is 20.9. The van der Waals surface area contributed by atoms with Crippen LogP contribution >= 0.6 is 0 Å². The summed E-state index contributed by atoms with van der Waals surface area (Å²) < 4.78 is 11.1. The lowest BCUT2D eigenvalue weighted by Gasteiger charge is -2.29. The Labute approximate surface area is 208 Å². The fraction of sp³-hybridized carbons (Fsp3) is 0.414. The van der Waals surface area contributed by atoms with Crippen molar-refractivity contribution in [1.29, 1.82) is 0 Å². The first-order chi connectivity index (χ1) is 16.9. The molecular weight excluding hydrogens is 438 g/mol. The molecule has 3 aromatic rings. The minimum Gasteiger partial charge on any atom is -0.458 e. The van der Waals surface area contributed by atoms with Gasteiger partial charge in [0.15, 0.2) is 0 Å². The maximum absolute atomic E-state index is 11.9. The number of rotatable bonds is 8. The van der Waals surface area contributed by atoms with Gasteiger partial charge in [0.1, 0.15) is 12.2 Å². The zero-order valence-electron chi connectivity index (χ0n) is 20.9. The summed E-state index contributed by atoms with van der Waals surface area (Å²) in [7, 11) is 0. The predicted molar refractivity (Wildman–Crippen MR) is 138 cm³/mol. The lowest BCUT2D eigenvalue weighted by atomic mass is 9.93. The molecule has 2 aromatic carbocycles. The average molecular weight is 474 g/mol. The SMILES string of the molecule is CC(C)(C)OC(=O)COC1CCC(NCc2cnc(-c3ccccc3)c(-c3ccccc3)n2)CC1. The third-order valence-corrected chi connectivity index (χ3v) is 6.02. The van der Waals surface area contributed by atoms with E-state index in [1.165, 1.54) is 0 Å². The molecule has 0 amide bonds. The molecule has 184 valence electrons. The maximum atomic E-state index is 11.9. The van der Waals surface area contributed by atoms with Crippen LogP contribution in [-0.4, -0.2) is 40.3 Å². The molecule has 1 fully saturated rings. The maximum Gasteiger partial charge on any atom is 0.332 e. The average Bonchev–Trinajstić information content (AvgIpc) is 2.87. The van der Waals surface area contributed by atoms with Crippen molar-refractivity contribution in [3.63, 3.8) is 0 Å². The Morgan fingerprint density at radius 3 is 2.11 bits per heavy atom. The van der Waals surface area contributed by atoms with Gasteiger partial charge in [0.05, 0.1) is 29.4 Å². The van der Waals surface area contributed by atoms with E-state index < -0.39 is 5.60 Å². The molecule has 1 aliphatic rings. The third-order valence-electron chi connectivity index (χ3n) is 6.02. The number of nitrogens with one attached hydrogen (secondary N) is 1. The highest BCUT2D eigenvalue weighted by Gasteiger charge is 2.24. The first-order valence-corrected chi connectivity index (χ1v) is 12.4. The van der Waals surface area contributed by atoms with Gasteiger partial charge in [0.25, 0.3) is 0 Å². The highest BCUT2D eigenvalue weighted by atomic mass is 16.6. The van der Waals surface area contributed by atoms with Gasteiger partial charge in [0, 0.05) is 23.7 Å². The van der Waals surface area contributed by atoms with E-state index in [9.17, 15) is 4.79 Å². The topological polar surface area (TPSA) is 73.3 Å². The van der Waals surface area contributed by atoms with Gasteiger partial charge in [-0.1, -0.05) is 60.7 Å². The molecule has 1 aliphatic carbocycles. The summed E-state index contributed by atoms with van der Waals surface area (Å²) in [6.07, 6.45) is 5.83. The molecular formula is C29H35N3O3. The summed E-state index contributed by atoms with van der Waals surface area (Å²) in [5.74, 6) is -0.301. The van der Waals surface area contributed by atoms with Crippen molar-refractivity contribution in [2.45, 2.75) is 70.7 Å². The van der Waals surface area contributed by atoms with Gasteiger partial charge < -0.3 is 14.8 Å². The van der Waals surface area contributed by atoms with E-state index in [2.05, 4.69) is 29.6 Å². The van der Waals surface area contributed by atoms with Crippen LogP contribution in [0.3, 0.4) is 0 Å². The fourth-order valence-corrected chi connectivity index (χ4v) is 4.35. The Hall–Kier alpha value is -3.09. The zero-order chi connectivity index (χ0) is 24.7. The second-order valence-electron chi connectivity index (χ2n) is 10.0. The van der Waals surface area contributed by atoms with Crippen molar-refractivity contribution in [2.24, 2.45) is 0 Å². The van der Waals surface area contributed by atoms with E-state index in [-0.39, 0.29) is 18.7 Å². The molecule has 6 heteroatoms. The number of ether oxygens (including phenoxy) is 2. The number of aromatic nitrogens is 2. The standard InChI is InChI=1S/C29H35N3O3/c1-29(2,3)35-26(33)20-34-25-16-14-23(15-17-25)30-18-24-19-31-27(21-10-6-4-7-11-21)28(32-24)22-12-8-5-9-13-22/h4-13,19,23,25,30H,14-18,20H2,1-3H3. The molecule has 0 atom stereocenters. The van der Waals surface area contributed by atoms with Crippen LogP contribution < -0.4 is 5.32 Å². The van der Waals surface area contributed by atoms with E-state index in [4.69, 9.17) is 19.4 Å². The van der Waals surface area contributed by atoms with Crippen LogP contribution in [0.5, 0.6) is 0 Å². The van der Waals surface area contributed by atoms with Gasteiger partial charge in [0.2, 0.25) is 0 Å². The second-order valence-corrected chi connectivity index (χ2v) is 10.0. The number of carbonyl (C=O) groups is 1. The first-order valence-electron chi connectivity index (χ1n) is 12.4. The Kier molecular flexibility index (Phi) is 8.26. The van der Waals surface area contributed by atoms with E-state index in [1.54, 1.807) is 0 Å². The molecule has 1 saturated carbocycles. The van der Waals surface area contributed by atoms with Gasteiger partial charge in [-0.15, -0.1) is 0 Å². The van der Waals surface area contributed by atoms with Crippen molar-refractivity contribution >= 4 is 5.97 Å². The highest BCUT2D eigenvalue weighted by molar-refractivity contribution is 5.77. The van der Waals surface area contributed by atoms with Gasteiger partial charge >= 0.3 is 5.97 Å². The summed E-state index contributed by atoms with van der Waals surface area (Å²) in [5.41, 5.74) is 4.35. The lowest BCUT2D eigenvalue weighted by molar-refractivity contribution is -0.162. The smallest absolute Gasteiger partial charge is 0.332 e. The molecule has 0 radical (unpaired) electrons. The second kappa shape index (κ2) is 11.6. The highest BCUT2D eigenvalue weighted by Crippen LogP contribution is 2.29. The van der Waals surface area contributed by atoms with E-state index >= 15 is 0 Å². The Balaban J connectivity index is 1.33. The quantitative estimate of drug-likeness (QED) is 0.431. The van der Waals surface area contributed by atoms with Crippen LogP contribution in [-0.2, 0) is 20.8 Å². The van der Waals surface area contributed by atoms with Crippen molar-refractivity contribution in [3.8, 4) is 22.5 Å². The van der Waals surface area contributed by atoms with Crippen LogP contribution in [0, 0.1) is 0 Å². The molecule has 0 bridgehead atoms. The number of hydrogen-bond acceptors (Lipinski definition) is 6.